The Labute approximate surface area is 112 Å². The van der Waals surface area contributed by atoms with Crippen molar-refractivity contribution < 1.29 is 4.74 Å². The summed E-state index contributed by atoms with van der Waals surface area (Å²) in [4.78, 5) is 10.8. The van der Waals surface area contributed by atoms with E-state index in [0.29, 0.717) is 11.3 Å². The molecule has 0 aliphatic carbocycles. The Morgan fingerprint density at radius 2 is 2.17 bits per heavy atom. The molecule has 98 valence electrons. The van der Waals surface area contributed by atoms with Crippen molar-refractivity contribution in [2.45, 2.75) is 25.1 Å². The maximum absolute atomic E-state index is 5.96. The van der Waals surface area contributed by atoms with Crippen molar-refractivity contribution in [1.29, 1.82) is 0 Å². The molecule has 18 heavy (non-hydrogen) atoms. The molecule has 2 aliphatic heterocycles. The second-order valence-corrected chi connectivity index (χ2v) is 5.56. The van der Waals surface area contributed by atoms with Gasteiger partial charge >= 0.3 is 0 Å². The van der Waals surface area contributed by atoms with E-state index in [2.05, 4.69) is 14.9 Å². The lowest BCUT2D eigenvalue weighted by molar-refractivity contribution is 0.0254. The molecule has 1 spiro atoms. The van der Waals surface area contributed by atoms with E-state index in [-0.39, 0.29) is 0 Å². The standard InChI is InChI=1S/C13H18ClN3O/c14-7-11-8-15-10-16-12(11)17-4-1-13(9-17)2-5-18-6-3-13/h8,10H,1-7,9H2. The Balaban J connectivity index is 1.78. The molecule has 0 aromatic carbocycles. The monoisotopic (exact) mass is 267 g/mol. The van der Waals surface area contributed by atoms with Gasteiger partial charge in [-0.3, -0.25) is 0 Å². The van der Waals surface area contributed by atoms with Crippen LogP contribution in [0.3, 0.4) is 0 Å². The Bertz CT molecular complexity index is 420. The van der Waals surface area contributed by atoms with Crippen molar-refractivity contribution in [2.75, 3.05) is 31.2 Å². The van der Waals surface area contributed by atoms with Crippen LogP contribution in [0.25, 0.3) is 0 Å². The van der Waals surface area contributed by atoms with Crippen LogP contribution >= 0.6 is 11.6 Å². The summed E-state index contributed by atoms with van der Waals surface area (Å²) in [6.07, 6.45) is 7.02. The fourth-order valence-corrected chi connectivity index (χ4v) is 3.25. The number of ether oxygens (including phenoxy) is 1. The Morgan fingerprint density at radius 3 is 2.94 bits per heavy atom. The first-order chi connectivity index (χ1) is 8.83. The van der Waals surface area contributed by atoms with E-state index in [0.717, 1.165) is 37.7 Å². The van der Waals surface area contributed by atoms with E-state index in [4.69, 9.17) is 16.3 Å². The Kier molecular flexibility index (Phi) is 3.39. The molecule has 1 aromatic heterocycles. The molecule has 5 heteroatoms. The highest BCUT2D eigenvalue weighted by atomic mass is 35.5. The molecule has 4 nitrogen and oxygen atoms in total. The van der Waals surface area contributed by atoms with Gasteiger partial charge in [-0.15, -0.1) is 11.6 Å². The van der Waals surface area contributed by atoms with E-state index in [9.17, 15) is 0 Å². The van der Waals surface area contributed by atoms with Crippen molar-refractivity contribution >= 4 is 17.4 Å². The third-order valence-corrected chi connectivity index (χ3v) is 4.49. The van der Waals surface area contributed by atoms with Gasteiger partial charge in [0.2, 0.25) is 0 Å². The zero-order valence-electron chi connectivity index (χ0n) is 10.4. The third-order valence-electron chi connectivity index (χ3n) is 4.20. The van der Waals surface area contributed by atoms with Gasteiger partial charge in [0.1, 0.15) is 12.1 Å². The lowest BCUT2D eigenvalue weighted by atomic mass is 9.80. The number of anilines is 1. The number of aromatic nitrogens is 2. The summed E-state index contributed by atoms with van der Waals surface area (Å²) in [5.41, 5.74) is 1.47. The summed E-state index contributed by atoms with van der Waals surface area (Å²) in [5.74, 6) is 1.49. The van der Waals surface area contributed by atoms with E-state index in [1.807, 2.05) is 6.20 Å². The number of rotatable bonds is 2. The van der Waals surface area contributed by atoms with Gasteiger partial charge in [0.15, 0.2) is 0 Å². The largest absolute Gasteiger partial charge is 0.381 e. The lowest BCUT2D eigenvalue weighted by Crippen LogP contribution is -2.33. The van der Waals surface area contributed by atoms with Gasteiger partial charge in [-0.2, -0.15) is 0 Å². The molecule has 3 heterocycles. The quantitative estimate of drug-likeness (QED) is 0.770. The van der Waals surface area contributed by atoms with Gasteiger partial charge in [0.05, 0.1) is 5.88 Å². The first-order valence-electron chi connectivity index (χ1n) is 6.51. The highest BCUT2D eigenvalue weighted by molar-refractivity contribution is 6.17. The van der Waals surface area contributed by atoms with Crippen LogP contribution < -0.4 is 4.90 Å². The molecule has 2 saturated heterocycles. The van der Waals surface area contributed by atoms with Crippen molar-refractivity contribution in [3.05, 3.63) is 18.1 Å². The van der Waals surface area contributed by atoms with Gasteiger partial charge in [-0.1, -0.05) is 0 Å². The lowest BCUT2D eigenvalue weighted by Gasteiger charge is -2.33. The molecule has 0 N–H and O–H groups in total. The maximum atomic E-state index is 5.96. The Hall–Kier alpha value is -0.870. The normalized spacial score (nSPS) is 22.6. The van der Waals surface area contributed by atoms with Crippen molar-refractivity contribution in [2.24, 2.45) is 5.41 Å². The summed E-state index contributed by atoms with van der Waals surface area (Å²) in [6.45, 7) is 3.96. The third kappa shape index (κ3) is 2.19. The van der Waals surface area contributed by atoms with Gasteiger partial charge in [-0.05, 0) is 24.7 Å². The minimum Gasteiger partial charge on any atom is -0.381 e. The summed E-state index contributed by atoms with van der Waals surface area (Å²) < 4.78 is 5.48. The zero-order valence-corrected chi connectivity index (χ0v) is 11.2. The highest BCUT2D eigenvalue weighted by Gasteiger charge is 2.40. The predicted octanol–water partition coefficient (Wildman–Crippen LogP) is 2.22. The van der Waals surface area contributed by atoms with Crippen LogP contribution in [-0.4, -0.2) is 36.3 Å². The first-order valence-corrected chi connectivity index (χ1v) is 7.04. The zero-order chi connectivity index (χ0) is 12.4. The number of hydrogen-bond donors (Lipinski definition) is 0. The predicted molar refractivity (Wildman–Crippen MR) is 70.9 cm³/mol. The van der Waals surface area contributed by atoms with Crippen LogP contribution in [0.15, 0.2) is 12.5 Å². The molecule has 3 rings (SSSR count). The number of alkyl halides is 1. The molecular formula is C13H18ClN3O. The summed E-state index contributed by atoms with van der Waals surface area (Å²) in [7, 11) is 0. The fraction of sp³-hybridized carbons (Fsp3) is 0.692. The van der Waals surface area contributed by atoms with Gasteiger partial charge < -0.3 is 9.64 Å². The summed E-state index contributed by atoms with van der Waals surface area (Å²) in [6, 6.07) is 0. The van der Waals surface area contributed by atoms with E-state index < -0.39 is 0 Å². The number of hydrogen-bond acceptors (Lipinski definition) is 4. The van der Waals surface area contributed by atoms with E-state index in [1.54, 1.807) is 6.33 Å². The molecule has 0 unspecified atom stereocenters. The fourth-order valence-electron chi connectivity index (χ4n) is 3.06. The highest BCUT2D eigenvalue weighted by Crippen LogP contribution is 2.41. The van der Waals surface area contributed by atoms with Gasteiger partial charge in [0, 0.05) is 38.1 Å². The SMILES string of the molecule is ClCc1cncnc1N1CCC2(CCOCC2)C1. The summed E-state index contributed by atoms with van der Waals surface area (Å²) >= 11 is 5.96. The van der Waals surface area contributed by atoms with Crippen LogP contribution in [0.4, 0.5) is 5.82 Å². The van der Waals surface area contributed by atoms with Crippen molar-refractivity contribution in [3.63, 3.8) is 0 Å². The van der Waals surface area contributed by atoms with Crippen molar-refractivity contribution in [1.82, 2.24) is 9.97 Å². The van der Waals surface area contributed by atoms with Crippen LogP contribution in [0.2, 0.25) is 0 Å². The van der Waals surface area contributed by atoms with Gasteiger partial charge in [-0.25, -0.2) is 9.97 Å². The molecule has 2 fully saturated rings. The molecule has 0 bridgehead atoms. The Morgan fingerprint density at radius 1 is 1.33 bits per heavy atom. The molecule has 0 radical (unpaired) electrons. The van der Waals surface area contributed by atoms with E-state index >= 15 is 0 Å². The van der Waals surface area contributed by atoms with Crippen LogP contribution in [-0.2, 0) is 10.6 Å². The van der Waals surface area contributed by atoms with Gasteiger partial charge in [0.25, 0.3) is 0 Å². The molecular weight excluding hydrogens is 250 g/mol. The van der Waals surface area contributed by atoms with Crippen LogP contribution in [0.5, 0.6) is 0 Å². The molecule has 0 amide bonds. The maximum Gasteiger partial charge on any atom is 0.136 e. The molecule has 1 aromatic rings. The summed E-state index contributed by atoms with van der Waals surface area (Å²) in [5, 5.41) is 0. The first kappa shape index (κ1) is 12.2. The van der Waals surface area contributed by atoms with E-state index in [1.165, 1.54) is 19.3 Å². The topological polar surface area (TPSA) is 38.2 Å². The average Bonchev–Trinajstić information content (AvgIpc) is 2.83. The minimum atomic E-state index is 0.437. The second-order valence-electron chi connectivity index (χ2n) is 5.29. The van der Waals surface area contributed by atoms with Crippen molar-refractivity contribution in [3.8, 4) is 0 Å². The average molecular weight is 268 g/mol. The second kappa shape index (κ2) is 5.02. The molecule has 0 saturated carbocycles. The molecule has 0 atom stereocenters. The van der Waals surface area contributed by atoms with Crippen LogP contribution in [0, 0.1) is 5.41 Å². The minimum absolute atomic E-state index is 0.437. The number of nitrogens with zero attached hydrogens (tertiary/aromatic N) is 3. The molecule has 2 aliphatic rings. The number of halogens is 1. The smallest absolute Gasteiger partial charge is 0.136 e. The van der Waals surface area contributed by atoms with Crippen LogP contribution in [0.1, 0.15) is 24.8 Å².